The number of hydrogen-bond donors (Lipinski definition) is 0. The molecular formula is C12H10O4S. The van der Waals surface area contributed by atoms with Gasteiger partial charge in [-0.1, -0.05) is 12.1 Å². The third-order valence-corrected chi connectivity index (χ3v) is 3.48. The van der Waals surface area contributed by atoms with Gasteiger partial charge in [0.1, 0.15) is 0 Å². The molecule has 2 aromatic rings. The van der Waals surface area contributed by atoms with Crippen molar-refractivity contribution in [2.75, 3.05) is 6.26 Å². The third kappa shape index (κ3) is 2.45. The number of hydrogen-bond acceptors (Lipinski definition) is 4. The second kappa shape index (κ2) is 4.18. The number of rotatable bonds is 3. The van der Waals surface area contributed by atoms with E-state index < -0.39 is 9.84 Å². The van der Waals surface area contributed by atoms with Crippen LogP contribution in [0.15, 0.2) is 45.9 Å². The Morgan fingerprint density at radius 3 is 2.24 bits per heavy atom. The summed E-state index contributed by atoms with van der Waals surface area (Å²) >= 11 is 0. The van der Waals surface area contributed by atoms with Gasteiger partial charge >= 0.3 is 0 Å². The predicted octanol–water partition coefficient (Wildman–Crippen LogP) is 2.16. The molecule has 1 aromatic carbocycles. The van der Waals surface area contributed by atoms with Crippen LogP contribution in [0.4, 0.5) is 0 Å². The first-order valence-electron chi connectivity index (χ1n) is 4.85. The van der Waals surface area contributed by atoms with Crippen molar-refractivity contribution >= 4 is 16.1 Å². The maximum absolute atomic E-state index is 11.3. The van der Waals surface area contributed by atoms with E-state index in [1.807, 2.05) is 0 Å². The van der Waals surface area contributed by atoms with E-state index in [2.05, 4.69) is 0 Å². The zero-order valence-corrected chi connectivity index (χ0v) is 9.90. The van der Waals surface area contributed by atoms with Gasteiger partial charge in [-0.3, -0.25) is 4.79 Å². The van der Waals surface area contributed by atoms with Crippen LogP contribution in [0.25, 0.3) is 11.1 Å². The second-order valence-corrected chi connectivity index (χ2v) is 5.67. The standard InChI is InChI=1S/C12H10O4S/c1-17(14,15)12-4-2-9(3-5-12)10-6-11(7-13)16-8-10/h2-8H,1H3. The van der Waals surface area contributed by atoms with Gasteiger partial charge in [-0.05, 0) is 23.8 Å². The average molecular weight is 250 g/mol. The molecule has 0 radical (unpaired) electrons. The van der Waals surface area contributed by atoms with Crippen LogP contribution in [0, 0.1) is 0 Å². The lowest BCUT2D eigenvalue weighted by Gasteiger charge is -1.99. The van der Waals surface area contributed by atoms with Gasteiger partial charge < -0.3 is 4.42 Å². The summed E-state index contributed by atoms with van der Waals surface area (Å²) in [6, 6.07) is 8.00. The van der Waals surface area contributed by atoms with Gasteiger partial charge in [0.25, 0.3) is 0 Å². The van der Waals surface area contributed by atoms with Gasteiger partial charge in [0.15, 0.2) is 21.9 Å². The molecule has 0 saturated carbocycles. The Hall–Kier alpha value is -1.88. The van der Waals surface area contributed by atoms with E-state index in [1.165, 1.54) is 18.4 Å². The molecule has 1 aromatic heterocycles. The van der Waals surface area contributed by atoms with Gasteiger partial charge in [-0.2, -0.15) is 0 Å². The quantitative estimate of drug-likeness (QED) is 0.783. The summed E-state index contributed by atoms with van der Waals surface area (Å²) in [5, 5.41) is 0. The molecule has 0 unspecified atom stereocenters. The average Bonchev–Trinajstić information content (AvgIpc) is 2.76. The van der Waals surface area contributed by atoms with Crippen molar-refractivity contribution in [3.63, 3.8) is 0 Å². The Kier molecular flexibility index (Phi) is 2.85. The van der Waals surface area contributed by atoms with E-state index in [1.54, 1.807) is 18.2 Å². The van der Waals surface area contributed by atoms with Crippen LogP contribution in [0.2, 0.25) is 0 Å². The first-order chi connectivity index (χ1) is 8.00. The normalized spacial score (nSPS) is 11.4. The summed E-state index contributed by atoms with van der Waals surface area (Å²) in [5.74, 6) is 0.243. The first-order valence-corrected chi connectivity index (χ1v) is 6.74. The molecule has 0 fully saturated rings. The van der Waals surface area contributed by atoms with E-state index in [9.17, 15) is 13.2 Å². The maximum atomic E-state index is 11.3. The molecule has 0 bridgehead atoms. The van der Waals surface area contributed by atoms with Gasteiger partial charge in [-0.15, -0.1) is 0 Å². The molecule has 0 spiro atoms. The molecule has 0 aliphatic heterocycles. The summed E-state index contributed by atoms with van der Waals surface area (Å²) in [6.45, 7) is 0. The summed E-state index contributed by atoms with van der Waals surface area (Å²) in [7, 11) is -3.18. The molecule has 1 heterocycles. The van der Waals surface area contributed by atoms with Gasteiger partial charge in [0.2, 0.25) is 0 Å². The van der Waals surface area contributed by atoms with Crippen molar-refractivity contribution in [1.82, 2.24) is 0 Å². The highest BCUT2D eigenvalue weighted by atomic mass is 32.2. The summed E-state index contributed by atoms with van der Waals surface area (Å²) in [4.78, 5) is 10.7. The van der Waals surface area contributed by atoms with Crippen molar-refractivity contribution < 1.29 is 17.6 Å². The smallest absolute Gasteiger partial charge is 0.185 e. The van der Waals surface area contributed by atoms with Crippen LogP contribution in [0.5, 0.6) is 0 Å². The minimum Gasteiger partial charge on any atom is -0.461 e. The highest BCUT2D eigenvalue weighted by molar-refractivity contribution is 7.90. The fraction of sp³-hybridized carbons (Fsp3) is 0.0833. The minimum atomic E-state index is -3.18. The number of carbonyl (C=O) groups is 1. The van der Waals surface area contributed by atoms with E-state index >= 15 is 0 Å². The van der Waals surface area contributed by atoms with Gasteiger partial charge in [0, 0.05) is 11.8 Å². The lowest BCUT2D eigenvalue weighted by molar-refractivity contribution is 0.110. The number of benzene rings is 1. The Morgan fingerprint density at radius 2 is 1.76 bits per heavy atom. The molecule has 88 valence electrons. The molecule has 0 saturated heterocycles. The van der Waals surface area contributed by atoms with Crippen LogP contribution < -0.4 is 0 Å². The van der Waals surface area contributed by atoms with Crippen LogP contribution in [-0.2, 0) is 9.84 Å². The molecule has 17 heavy (non-hydrogen) atoms. The monoisotopic (exact) mass is 250 g/mol. The van der Waals surface area contributed by atoms with E-state index in [-0.39, 0.29) is 10.7 Å². The molecule has 0 amide bonds. The van der Waals surface area contributed by atoms with Crippen molar-refractivity contribution in [3.8, 4) is 11.1 Å². The number of sulfone groups is 1. The van der Waals surface area contributed by atoms with E-state index in [0.29, 0.717) is 6.29 Å². The molecule has 0 aliphatic carbocycles. The third-order valence-electron chi connectivity index (χ3n) is 2.35. The van der Waals surface area contributed by atoms with Gasteiger partial charge in [-0.25, -0.2) is 8.42 Å². The number of aldehydes is 1. The maximum Gasteiger partial charge on any atom is 0.185 e. The SMILES string of the molecule is CS(=O)(=O)c1ccc(-c2coc(C=O)c2)cc1. The molecule has 0 atom stereocenters. The Morgan fingerprint density at radius 1 is 1.12 bits per heavy atom. The summed E-state index contributed by atoms with van der Waals surface area (Å²) in [5.41, 5.74) is 1.54. The number of furan rings is 1. The second-order valence-electron chi connectivity index (χ2n) is 3.65. The van der Waals surface area contributed by atoms with Crippen molar-refractivity contribution in [1.29, 1.82) is 0 Å². The molecule has 0 N–H and O–H groups in total. The first kappa shape index (κ1) is 11.6. The van der Waals surface area contributed by atoms with Crippen molar-refractivity contribution in [2.45, 2.75) is 4.90 Å². The molecular weight excluding hydrogens is 240 g/mol. The summed E-state index contributed by atoms with van der Waals surface area (Å²) in [6.07, 6.45) is 3.23. The lowest BCUT2D eigenvalue weighted by atomic mass is 10.1. The predicted molar refractivity (Wildman–Crippen MR) is 62.6 cm³/mol. The Bertz CT molecular complexity index is 635. The van der Waals surface area contributed by atoms with Crippen LogP contribution in [0.3, 0.4) is 0 Å². The van der Waals surface area contributed by atoms with Crippen molar-refractivity contribution in [3.05, 3.63) is 42.4 Å². The minimum absolute atomic E-state index is 0.243. The molecule has 5 heteroatoms. The largest absolute Gasteiger partial charge is 0.461 e. The highest BCUT2D eigenvalue weighted by Crippen LogP contribution is 2.23. The fourth-order valence-corrected chi connectivity index (χ4v) is 2.09. The molecule has 4 nitrogen and oxygen atoms in total. The fourth-order valence-electron chi connectivity index (χ4n) is 1.46. The van der Waals surface area contributed by atoms with Crippen LogP contribution >= 0.6 is 0 Å². The topological polar surface area (TPSA) is 64.3 Å². The Balaban J connectivity index is 2.38. The van der Waals surface area contributed by atoms with E-state index in [0.717, 1.165) is 17.4 Å². The van der Waals surface area contributed by atoms with Crippen LogP contribution in [0.1, 0.15) is 10.6 Å². The highest BCUT2D eigenvalue weighted by Gasteiger charge is 2.08. The molecule has 2 rings (SSSR count). The lowest BCUT2D eigenvalue weighted by Crippen LogP contribution is -1.95. The number of carbonyl (C=O) groups excluding carboxylic acids is 1. The van der Waals surface area contributed by atoms with E-state index in [4.69, 9.17) is 4.42 Å². The van der Waals surface area contributed by atoms with Crippen molar-refractivity contribution in [2.24, 2.45) is 0 Å². The van der Waals surface area contributed by atoms with Crippen LogP contribution in [-0.4, -0.2) is 21.0 Å². The Labute approximate surface area is 98.8 Å². The molecule has 0 aliphatic rings. The zero-order valence-electron chi connectivity index (χ0n) is 9.08. The summed E-state index contributed by atoms with van der Waals surface area (Å²) < 4.78 is 27.5. The van der Waals surface area contributed by atoms with Gasteiger partial charge in [0.05, 0.1) is 11.2 Å². The zero-order chi connectivity index (χ0) is 12.5.